The number of hydrogen-bond acceptors (Lipinski definition) is 4. The Labute approximate surface area is 158 Å². The van der Waals surface area contributed by atoms with Crippen molar-refractivity contribution in [3.8, 4) is 5.75 Å². The Bertz CT molecular complexity index is 765. The zero-order valence-corrected chi connectivity index (χ0v) is 15.5. The van der Waals surface area contributed by atoms with Crippen LogP contribution >= 0.6 is 0 Å². The zero-order valence-electron chi connectivity index (χ0n) is 15.5. The van der Waals surface area contributed by atoms with Crippen molar-refractivity contribution in [2.45, 2.75) is 13.5 Å². The second-order valence-electron chi connectivity index (χ2n) is 5.99. The summed E-state index contributed by atoms with van der Waals surface area (Å²) in [5.74, 6) is -0.0728. The summed E-state index contributed by atoms with van der Waals surface area (Å²) in [4.78, 5) is 26.0. The molecule has 2 amide bonds. The highest BCUT2D eigenvalue weighted by molar-refractivity contribution is 5.92. The first-order valence-corrected chi connectivity index (χ1v) is 8.67. The van der Waals surface area contributed by atoms with E-state index < -0.39 is 0 Å². The van der Waals surface area contributed by atoms with Gasteiger partial charge < -0.3 is 15.4 Å². The molecule has 0 unspecified atom stereocenters. The number of rotatable bonds is 9. The van der Waals surface area contributed by atoms with Gasteiger partial charge in [-0.3, -0.25) is 14.5 Å². The van der Waals surface area contributed by atoms with Crippen molar-refractivity contribution in [1.82, 2.24) is 10.2 Å². The summed E-state index contributed by atoms with van der Waals surface area (Å²) >= 11 is 0. The van der Waals surface area contributed by atoms with Crippen LogP contribution in [0.15, 0.2) is 48.5 Å². The fourth-order valence-electron chi connectivity index (χ4n) is 2.45. The first-order valence-electron chi connectivity index (χ1n) is 8.67. The third-order valence-corrected chi connectivity index (χ3v) is 3.94. The molecular formula is C20H24FN3O3. The SMILES string of the molecule is CCN(CC(=O)NCc1ccc(F)cc1)CC(=O)Nc1cccc(OC)c1. The average Bonchev–Trinajstić information content (AvgIpc) is 2.67. The molecular weight excluding hydrogens is 349 g/mol. The van der Waals surface area contributed by atoms with E-state index >= 15 is 0 Å². The highest BCUT2D eigenvalue weighted by Gasteiger charge is 2.13. The quantitative estimate of drug-likeness (QED) is 0.708. The lowest BCUT2D eigenvalue weighted by molar-refractivity contribution is -0.123. The first kappa shape index (κ1) is 20.4. The molecule has 0 aromatic heterocycles. The van der Waals surface area contributed by atoms with Gasteiger partial charge in [-0.05, 0) is 36.4 Å². The molecule has 0 aliphatic heterocycles. The van der Waals surface area contributed by atoms with Gasteiger partial charge in [0.15, 0.2) is 0 Å². The van der Waals surface area contributed by atoms with E-state index in [1.807, 2.05) is 6.92 Å². The molecule has 2 rings (SSSR count). The number of halogens is 1. The van der Waals surface area contributed by atoms with E-state index in [4.69, 9.17) is 4.74 Å². The van der Waals surface area contributed by atoms with Gasteiger partial charge in [0, 0.05) is 18.3 Å². The number of hydrogen-bond donors (Lipinski definition) is 2. The van der Waals surface area contributed by atoms with Crippen molar-refractivity contribution in [2.24, 2.45) is 0 Å². The van der Waals surface area contributed by atoms with Crippen molar-refractivity contribution in [3.63, 3.8) is 0 Å². The van der Waals surface area contributed by atoms with Gasteiger partial charge in [-0.1, -0.05) is 25.1 Å². The Morgan fingerprint density at radius 2 is 1.78 bits per heavy atom. The van der Waals surface area contributed by atoms with E-state index in [1.165, 1.54) is 12.1 Å². The minimum atomic E-state index is -0.315. The van der Waals surface area contributed by atoms with Crippen LogP contribution in [0.1, 0.15) is 12.5 Å². The van der Waals surface area contributed by atoms with Crippen molar-refractivity contribution in [1.29, 1.82) is 0 Å². The van der Waals surface area contributed by atoms with Crippen molar-refractivity contribution >= 4 is 17.5 Å². The Morgan fingerprint density at radius 3 is 2.44 bits per heavy atom. The van der Waals surface area contributed by atoms with Gasteiger partial charge in [-0.2, -0.15) is 0 Å². The van der Waals surface area contributed by atoms with Crippen LogP contribution < -0.4 is 15.4 Å². The Morgan fingerprint density at radius 1 is 1.07 bits per heavy atom. The topological polar surface area (TPSA) is 70.7 Å². The van der Waals surface area contributed by atoms with Gasteiger partial charge in [0.2, 0.25) is 11.8 Å². The van der Waals surface area contributed by atoms with Gasteiger partial charge in [0.25, 0.3) is 0 Å². The van der Waals surface area contributed by atoms with Crippen LogP contribution in [0.4, 0.5) is 10.1 Å². The average molecular weight is 373 g/mol. The maximum atomic E-state index is 12.9. The molecule has 0 radical (unpaired) electrons. The number of nitrogens with one attached hydrogen (secondary N) is 2. The number of likely N-dealkylation sites (N-methyl/N-ethyl adjacent to an activating group) is 1. The van der Waals surface area contributed by atoms with E-state index in [-0.39, 0.29) is 30.7 Å². The second kappa shape index (κ2) is 10.3. The molecule has 0 fully saturated rings. The van der Waals surface area contributed by atoms with E-state index in [1.54, 1.807) is 48.4 Å². The lowest BCUT2D eigenvalue weighted by Gasteiger charge is -2.19. The molecule has 0 saturated heterocycles. The molecule has 2 aromatic carbocycles. The van der Waals surface area contributed by atoms with Crippen LogP contribution in [0, 0.1) is 5.82 Å². The minimum Gasteiger partial charge on any atom is -0.497 e. The number of nitrogens with zero attached hydrogens (tertiary/aromatic N) is 1. The molecule has 2 aromatic rings. The standard InChI is InChI=1S/C20H24FN3O3/c1-3-24(13-19(25)22-12-15-7-9-16(21)10-8-15)14-20(26)23-17-5-4-6-18(11-17)27-2/h4-11H,3,12-14H2,1-2H3,(H,22,25)(H,23,26). The van der Waals surface area contributed by atoms with Crippen LogP contribution in [0.2, 0.25) is 0 Å². The minimum absolute atomic E-state index is 0.0949. The second-order valence-corrected chi connectivity index (χ2v) is 5.99. The third kappa shape index (κ3) is 7.07. The van der Waals surface area contributed by atoms with Crippen LogP contribution in [-0.4, -0.2) is 43.5 Å². The van der Waals surface area contributed by atoms with Crippen molar-refractivity contribution in [2.75, 3.05) is 32.1 Å². The number of benzene rings is 2. The Balaban J connectivity index is 1.80. The lowest BCUT2D eigenvalue weighted by Crippen LogP contribution is -2.40. The van der Waals surface area contributed by atoms with Crippen molar-refractivity contribution in [3.05, 3.63) is 59.9 Å². The lowest BCUT2D eigenvalue weighted by atomic mass is 10.2. The molecule has 0 aliphatic carbocycles. The van der Waals surface area contributed by atoms with E-state index in [0.717, 1.165) is 5.56 Å². The Hall–Kier alpha value is -2.93. The molecule has 144 valence electrons. The van der Waals surface area contributed by atoms with Gasteiger partial charge in [0.1, 0.15) is 11.6 Å². The molecule has 0 saturated carbocycles. The Kier molecular flexibility index (Phi) is 7.76. The smallest absolute Gasteiger partial charge is 0.238 e. The monoisotopic (exact) mass is 373 g/mol. The fraction of sp³-hybridized carbons (Fsp3) is 0.300. The molecule has 6 nitrogen and oxygen atoms in total. The summed E-state index contributed by atoms with van der Waals surface area (Å²) < 4.78 is 18.0. The highest BCUT2D eigenvalue weighted by atomic mass is 19.1. The predicted molar refractivity (Wildman–Crippen MR) is 102 cm³/mol. The molecule has 0 bridgehead atoms. The summed E-state index contributed by atoms with van der Waals surface area (Å²) in [7, 11) is 1.56. The fourth-order valence-corrected chi connectivity index (χ4v) is 2.45. The summed E-state index contributed by atoms with van der Waals surface area (Å²) in [5.41, 5.74) is 1.44. The van der Waals surface area contributed by atoms with Crippen LogP contribution in [0.3, 0.4) is 0 Å². The maximum absolute atomic E-state index is 12.9. The number of carbonyl (C=O) groups excluding carboxylic acids is 2. The summed E-state index contributed by atoms with van der Waals surface area (Å²) in [6, 6.07) is 13.0. The molecule has 27 heavy (non-hydrogen) atoms. The molecule has 0 atom stereocenters. The maximum Gasteiger partial charge on any atom is 0.238 e. The van der Waals surface area contributed by atoms with E-state index in [9.17, 15) is 14.0 Å². The summed E-state index contributed by atoms with van der Waals surface area (Å²) in [5, 5.41) is 5.56. The first-order chi connectivity index (χ1) is 13.0. The predicted octanol–water partition coefficient (Wildman–Crippen LogP) is 2.41. The number of amides is 2. The van der Waals surface area contributed by atoms with Crippen molar-refractivity contribution < 1.29 is 18.7 Å². The largest absolute Gasteiger partial charge is 0.497 e. The molecule has 0 spiro atoms. The molecule has 2 N–H and O–H groups in total. The van der Waals surface area contributed by atoms with Gasteiger partial charge >= 0.3 is 0 Å². The normalized spacial score (nSPS) is 10.5. The number of carbonyl (C=O) groups is 2. The molecule has 7 heteroatoms. The number of ether oxygens (including phenoxy) is 1. The summed E-state index contributed by atoms with van der Waals surface area (Å²) in [6.07, 6.45) is 0. The van der Waals surface area contributed by atoms with Crippen LogP contribution in [0.5, 0.6) is 5.75 Å². The third-order valence-electron chi connectivity index (χ3n) is 3.94. The van der Waals surface area contributed by atoms with E-state index in [0.29, 0.717) is 24.5 Å². The molecule has 0 aliphatic rings. The number of anilines is 1. The van der Waals surface area contributed by atoms with Crippen LogP contribution in [-0.2, 0) is 16.1 Å². The van der Waals surface area contributed by atoms with Gasteiger partial charge in [0.05, 0.1) is 20.2 Å². The van der Waals surface area contributed by atoms with Gasteiger partial charge in [-0.15, -0.1) is 0 Å². The van der Waals surface area contributed by atoms with Crippen LogP contribution in [0.25, 0.3) is 0 Å². The zero-order chi connectivity index (χ0) is 19.6. The highest BCUT2D eigenvalue weighted by Crippen LogP contribution is 2.16. The van der Waals surface area contributed by atoms with E-state index in [2.05, 4.69) is 10.6 Å². The molecule has 0 heterocycles. The summed E-state index contributed by atoms with van der Waals surface area (Å²) in [6.45, 7) is 2.94. The van der Waals surface area contributed by atoms with Gasteiger partial charge in [-0.25, -0.2) is 4.39 Å². The number of methoxy groups -OCH3 is 1.